The number of ether oxygens (including phenoxy) is 3. The fourth-order valence-corrected chi connectivity index (χ4v) is 2.09. The van der Waals surface area contributed by atoms with E-state index in [1.807, 2.05) is 12.1 Å². The van der Waals surface area contributed by atoms with E-state index in [1.54, 1.807) is 12.1 Å². The zero-order valence-electron chi connectivity index (χ0n) is 12.4. The molecule has 0 radical (unpaired) electrons. The van der Waals surface area contributed by atoms with Crippen LogP contribution in [-0.2, 0) is 9.53 Å². The summed E-state index contributed by atoms with van der Waals surface area (Å²) in [5.41, 5.74) is 0.680. The van der Waals surface area contributed by atoms with Gasteiger partial charge in [0.05, 0.1) is 14.2 Å². The Morgan fingerprint density at radius 2 is 1.77 bits per heavy atom. The summed E-state index contributed by atoms with van der Waals surface area (Å²) in [5.74, 6) is -0.342. The van der Waals surface area contributed by atoms with Crippen molar-refractivity contribution < 1.29 is 23.4 Å². The van der Waals surface area contributed by atoms with Gasteiger partial charge in [0.2, 0.25) is 0 Å². The molecule has 2 rings (SSSR count). The standard InChI is InChI=1S/C17H17FO4/c1-20-16-6-4-3-5-14(16)15(17(19)21-2)11-22-13-9-7-12(18)8-10-13/h3-10,15H,11H2,1-2H3. The van der Waals surface area contributed by atoms with E-state index in [4.69, 9.17) is 14.2 Å². The number of halogens is 1. The Hall–Kier alpha value is -2.56. The highest BCUT2D eigenvalue weighted by Gasteiger charge is 2.25. The number of esters is 1. The molecule has 0 aliphatic rings. The highest BCUT2D eigenvalue weighted by molar-refractivity contribution is 5.79. The van der Waals surface area contributed by atoms with Crippen LogP contribution in [0.4, 0.5) is 4.39 Å². The molecule has 0 amide bonds. The molecular formula is C17H17FO4. The predicted octanol–water partition coefficient (Wildman–Crippen LogP) is 3.17. The third-order valence-electron chi connectivity index (χ3n) is 3.23. The number of hydrogen-bond donors (Lipinski definition) is 0. The second kappa shape index (κ2) is 7.45. The topological polar surface area (TPSA) is 44.8 Å². The molecule has 0 aromatic heterocycles. The minimum Gasteiger partial charge on any atom is -0.496 e. The number of para-hydroxylation sites is 1. The lowest BCUT2D eigenvalue weighted by Crippen LogP contribution is -2.22. The van der Waals surface area contributed by atoms with Crippen molar-refractivity contribution in [3.8, 4) is 11.5 Å². The van der Waals surface area contributed by atoms with Gasteiger partial charge in [0.25, 0.3) is 0 Å². The molecule has 2 aromatic carbocycles. The van der Waals surface area contributed by atoms with E-state index in [0.717, 1.165) is 0 Å². The van der Waals surface area contributed by atoms with Gasteiger partial charge in [-0.3, -0.25) is 4.79 Å². The summed E-state index contributed by atoms with van der Waals surface area (Å²) < 4.78 is 28.6. The van der Waals surface area contributed by atoms with Crippen LogP contribution in [-0.4, -0.2) is 26.8 Å². The fraction of sp³-hybridized carbons (Fsp3) is 0.235. The number of methoxy groups -OCH3 is 2. The van der Waals surface area contributed by atoms with Gasteiger partial charge < -0.3 is 14.2 Å². The van der Waals surface area contributed by atoms with Gasteiger partial charge in [-0.2, -0.15) is 0 Å². The summed E-state index contributed by atoms with van der Waals surface area (Å²) in [6, 6.07) is 12.8. The van der Waals surface area contributed by atoms with E-state index in [9.17, 15) is 9.18 Å². The molecule has 4 nitrogen and oxygen atoms in total. The highest BCUT2D eigenvalue weighted by Crippen LogP contribution is 2.28. The molecule has 0 aliphatic heterocycles. The molecule has 0 saturated carbocycles. The molecular weight excluding hydrogens is 287 g/mol. The quantitative estimate of drug-likeness (QED) is 0.769. The Kier molecular flexibility index (Phi) is 5.36. The molecule has 0 aliphatic carbocycles. The van der Waals surface area contributed by atoms with Gasteiger partial charge in [-0.05, 0) is 30.3 Å². The summed E-state index contributed by atoms with van der Waals surface area (Å²) in [6.45, 7) is 0.0681. The molecule has 0 spiro atoms. The molecule has 5 heteroatoms. The van der Waals surface area contributed by atoms with Gasteiger partial charge >= 0.3 is 5.97 Å². The maximum absolute atomic E-state index is 12.9. The Bertz CT molecular complexity index is 625. The lowest BCUT2D eigenvalue weighted by Gasteiger charge is -2.18. The Labute approximate surface area is 128 Å². The molecule has 0 fully saturated rings. The number of hydrogen-bond acceptors (Lipinski definition) is 4. The average molecular weight is 304 g/mol. The van der Waals surface area contributed by atoms with Gasteiger partial charge in [-0.15, -0.1) is 0 Å². The third-order valence-corrected chi connectivity index (χ3v) is 3.23. The van der Waals surface area contributed by atoms with Crippen molar-refractivity contribution in [3.63, 3.8) is 0 Å². The Morgan fingerprint density at radius 3 is 2.41 bits per heavy atom. The normalized spacial score (nSPS) is 11.6. The molecule has 0 N–H and O–H groups in total. The van der Waals surface area contributed by atoms with Gasteiger partial charge in [0.1, 0.15) is 29.8 Å². The summed E-state index contributed by atoms with van der Waals surface area (Å²) in [7, 11) is 2.86. The lowest BCUT2D eigenvalue weighted by atomic mass is 9.99. The van der Waals surface area contributed by atoms with E-state index in [1.165, 1.54) is 38.5 Å². The second-order valence-electron chi connectivity index (χ2n) is 4.58. The number of rotatable bonds is 6. The molecule has 0 saturated heterocycles. The fourth-order valence-electron chi connectivity index (χ4n) is 2.09. The number of carbonyl (C=O) groups excluding carboxylic acids is 1. The van der Waals surface area contributed by atoms with Crippen LogP contribution in [0.2, 0.25) is 0 Å². The molecule has 116 valence electrons. The smallest absolute Gasteiger partial charge is 0.316 e. The van der Waals surface area contributed by atoms with Crippen LogP contribution in [0.5, 0.6) is 11.5 Å². The molecule has 0 bridgehead atoms. The summed E-state index contributed by atoms with van der Waals surface area (Å²) in [6.07, 6.45) is 0. The van der Waals surface area contributed by atoms with Crippen molar-refractivity contribution >= 4 is 5.97 Å². The zero-order chi connectivity index (χ0) is 15.9. The first-order valence-corrected chi connectivity index (χ1v) is 6.74. The van der Waals surface area contributed by atoms with Crippen LogP contribution in [0.3, 0.4) is 0 Å². The third kappa shape index (κ3) is 3.75. The van der Waals surface area contributed by atoms with Crippen LogP contribution in [0.25, 0.3) is 0 Å². The van der Waals surface area contributed by atoms with Gasteiger partial charge in [0.15, 0.2) is 0 Å². The van der Waals surface area contributed by atoms with E-state index in [2.05, 4.69) is 0 Å². The molecule has 0 heterocycles. The van der Waals surface area contributed by atoms with Crippen LogP contribution in [0.15, 0.2) is 48.5 Å². The van der Waals surface area contributed by atoms with E-state index >= 15 is 0 Å². The van der Waals surface area contributed by atoms with Gasteiger partial charge in [0, 0.05) is 5.56 Å². The van der Waals surface area contributed by atoms with Crippen molar-refractivity contribution in [1.82, 2.24) is 0 Å². The summed E-state index contributed by atoms with van der Waals surface area (Å²) >= 11 is 0. The molecule has 1 atom stereocenters. The summed E-state index contributed by atoms with van der Waals surface area (Å²) in [4.78, 5) is 12.0. The van der Waals surface area contributed by atoms with Crippen LogP contribution < -0.4 is 9.47 Å². The highest BCUT2D eigenvalue weighted by atomic mass is 19.1. The minimum atomic E-state index is -0.633. The van der Waals surface area contributed by atoms with E-state index in [0.29, 0.717) is 17.1 Å². The first kappa shape index (κ1) is 15.8. The number of carbonyl (C=O) groups is 1. The lowest BCUT2D eigenvalue weighted by molar-refractivity contribution is -0.143. The maximum Gasteiger partial charge on any atom is 0.316 e. The maximum atomic E-state index is 12.9. The van der Waals surface area contributed by atoms with Crippen LogP contribution in [0.1, 0.15) is 11.5 Å². The van der Waals surface area contributed by atoms with Crippen molar-refractivity contribution in [2.75, 3.05) is 20.8 Å². The van der Waals surface area contributed by atoms with Crippen molar-refractivity contribution in [3.05, 3.63) is 59.9 Å². The predicted molar refractivity (Wildman–Crippen MR) is 79.6 cm³/mol. The first-order chi connectivity index (χ1) is 10.7. The minimum absolute atomic E-state index is 0.0681. The van der Waals surface area contributed by atoms with Crippen molar-refractivity contribution in [2.45, 2.75) is 5.92 Å². The van der Waals surface area contributed by atoms with E-state index < -0.39 is 11.9 Å². The average Bonchev–Trinajstić information content (AvgIpc) is 2.56. The Morgan fingerprint density at radius 1 is 1.09 bits per heavy atom. The first-order valence-electron chi connectivity index (χ1n) is 6.74. The van der Waals surface area contributed by atoms with Gasteiger partial charge in [-0.1, -0.05) is 18.2 Å². The Balaban J connectivity index is 2.19. The van der Waals surface area contributed by atoms with Crippen molar-refractivity contribution in [1.29, 1.82) is 0 Å². The SMILES string of the molecule is COC(=O)C(COc1ccc(F)cc1)c1ccccc1OC. The van der Waals surface area contributed by atoms with Gasteiger partial charge in [-0.25, -0.2) is 4.39 Å². The number of benzene rings is 2. The monoisotopic (exact) mass is 304 g/mol. The van der Waals surface area contributed by atoms with E-state index in [-0.39, 0.29) is 12.4 Å². The second-order valence-corrected chi connectivity index (χ2v) is 4.58. The molecule has 22 heavy (non-hydrogen) atoms. The largest absolute Gasteiger partial charge is 0.496 e. The molecule has 1 unspecified atom stereocenters. The van der Waals surface area contributed by atoms with Crippen molar-refractivity contribution in [2.24, 2.45) is 0 Å². The van der Waals surface area contributed by atoms with Crippen LogP contribution in [0, 0.1) is 5.82 Å². The molecule has 2 aromatic rings. The zero-order valence-corrected chi connectivity index (χ0v) is 12.4. The van der Waals surface area contributed by atoms with Crippen LogP contribution >= 0.6 is 0 Å². The summed E-state index contributed by atoms with van der Waals surface area (Å²) in [5, 5.41) is 0.